The summed E-state index contributed by atoms with van der Waals surface area (Å²) in [6, 6.07) is 6.27. The molecule has 1 aliphatic heterocycles. The lowest BCUT2D eigenvalue weighted by Crippen LogP contribution is -2.45. The van der Waals surface area contributed by atoms with Crippen LogP contribution in [0.4, 0.5) is 0 Å². The van der Waals surface area contributed by atoms with Crippen molar-refractivity contribution >= 4 is 16.8 Å². The Kier molecular flexibility index (Phi) is 4.32. The first kappa shape index (κ1) is 16.6. The van der Waals surface area contributed by atoms with Gasteiger partial charge in [-0.05, 0) is 76.1 Å². The van der Waals surface area contributed by atoms with Gasteiger partial charge in [0.1, 0.15) is 0 Å². The van der Waals surface area contributed by atoms with Crippen molar-refractivity contribution in [3.8, 4) is 0 Å². The van der Waals surface area contributed by atoms with Gasteiger partial charge in [0.2, 0.25) is 0 Å². The van der Waals surface area contributed by atoms with Crippen LogP contribution in [0.1, 0.15) is 67.6 Å². The number of aromatic amines is 1. The van der Waals surface area contributed by atoms with Gasteiger partial charge < -0.3 is 15.0 Å². The minimum absolute atomic E-state index is 0.0353. The Morgan fingerprint density at radius 2 is 2.08 bits per heavy atom. The van der Waals surface area contributed by atoms with Gasteiger partial charge in [-0.25, -0.2) is 0 Å². The minimum atomic E-state index is -0.155. The second kappa shape index (κ2) is 6.49. The van der Waals surface area contributed by atoms with Crippen LogP contribution >= 0.6 is 0 Å². The standard InChI is InChI=1S/C21H28N2O2/c1-21(2)13-15(10-11-25-21)22-20(24)14-8-9-19-17(12-14)16-6-4-3-5-7-18(16)23-19/h8-9,12,15,23H,3-7,10-11,13H2,1-2H3,(H,22,24). The number of hydrogen-bond acceptors (Lipinski definition) is 2. The van der Waals surface area contributed by atoms with E-state index >= 15 is 0 Å². The Balaban J connectivity index is 1.56. The lowest BCUT2D eigenvalue weighted by atomic mass is 9.93. The molecular formula is C21H28N2O2. The van der Waals surface area contributed by atoms with Crippen molar-refractivity contribution in [3.05, 3.63) is 35.0 Å². The lowest BCUT2D eigenvalue weighted by molar-refractivity contribution is -0.0615. The van der Waals surface area contributed by atoms with E-state index in [2.05, 4.69) is 36.3 Å². The Morgan fingerprint density at radius 3 is 2.92 bits per heavy atom. The first-order valence-corrected chi connectivity index (χ1v) is 9.60. The third-order valence-electron chi connectivity index (χ3n) is 5.64. The first-order valence-electron chi connectivity index (χ1n) is 9.60. The summed E-state index contributed by atoms with van der Waals surface area (Å²) in [5, 5.41) is 4.44. The van der Waals surface area contributed by atoms with E-state index in [1.54, 1.807) is 0 Å². The fourth-order valence-electron chi connectivity index (χ4n) is 4.35. The van der Waals surface area contributed by atoms with Gasteiger partial charge in [0.05, 0.1) is 5.60 Å². The molecular weight excluding hydrogens is 312 g/mol. The van der Waals surface area contributed by atoms with Gasteiger partial charge in [-0.3, -0.25) is 4.79 Å². The summed E-state index contributed by atoms with van der Waals surface area (Å²) < 4.78 is 5.75. The van der Waals surface area contributed by atoms with Crippen molar-refractivity contribution in [3.63, 3.8) is 0 Å². The van der Waals surface area contributed by atoms with Crippen molar-refractivity contribution < 1.29 is 9.53 Å². The van der Waals surface area contributed by atoms with Crippen LogP contribution < -0.4 is 5.32 Å². The molecule has 1 aromatic carbocycles. The van der Waals surface area contributed by atoms with E-state index in [0.717, 1.165) is 36.8 Å². The predicted molar refractivity (Wildman–Crippen MR) is 100 cm³/mol. The Bertz CT molecular complexity index is 791. The van der Waals surface area contributed by atoms with E-state index in [4.69, 9.17) is 4.74 Å². The van der Waals surface area contributed by atoms with E-state index in [1.165, 1.54) is 35.9 Å². The SMILES string of the molecule is CC1(C)CC(NC(=O)c2ccc3[nH]c4c(c3c2)CCCCC4)CCO1. The molecule has 1 fully saturated rings. The highest BCUT2D eigenvalue weighted by Gasteiger charge is 2.30. The fourth-order valence-corrected chi connectivity index (χ4v) is 4.35. The molecule has 1 unspecified atom stereocenters. The van der Waals surface area contributed by atoms with Crippen molar-refractivity contribution in [2.45, 2.75) is 70.4 Å². The van der Waals surface area contributed by atoms with Crippen molar-refractivity contribution in [1.82, 2.24) is 10.3 Å². The second-order valence-corrected chi connectivity index (χ2v) is 8.17. The maximum Gasteiger partial charge on any atom is 0.251 e. The molecule has 4 rings (SSSR count). The number of rotatable bonds is 2. The van der Waals surface area contributed by atoms with Crippen molar-refractivity contribution in [2.24, 2.45) is 0 Å². The van der Waals surface area contributed by atoms with E-state index in [1.807, 2.05) is 6.07 Å². The minimum Gasteiger partial charge on any atom is -0.375 e. The zero-order valence-corrected chi connectivity index (χ0v) is 15.3. The molecule has 134 valence electrons. The summed E-state index contributed by atoms with van der Waals surface area (Å²) in [4.78, 5) is 16.3. The highest BCUT2D eigenvalue weighted by molar-refractivity contribution is 5.99. The van der Waals surface area contributed by atoms with Gasteiger partial charge >= 0.3 is 0 Å². The molecule has 4 nitrogen and oxygen atoms in total. The summed E-state index contributed by atoms with van der Waals surface area (Å²) in [6.07, 6.45) is 7.79. The smallest absolute Gasteiger partial charge is 0.251 e. The van der Waals surface area contributed by atoms with Gasteiger partial charge in [0.25, 0.3) is 5.91 Å². The van der Waals surface area contributed by atoms with E-state index < -0.39 is 0 Å². The maximum absolute atomic E-state index is 12.8. The molecule has 0 bridgehead atoms. The van der Waals surface area contributed by atoms with Crippen LogP contribution in [0.15, 0.2) is 18.2 Å². The van der Waals surface area contributed by atoms with Gasteiger partial charge in [0.15, 0.2) is 0 Å². The number of aromatic nitrogens is 1. The summed E-state index contributed by atoms with van der Waals surface area (Å²) in [6.45, 7) is 4.89. The van der Waals surface area contributed by atoms with Gasteiger partial charge in [0, 0.05) is 34.8 Å². The average Bonchev–Trinajstić information content (AvgIpc) is 2.74. The second-order valence-electron chi connectivity index (χ2n) is 8.17. The molecule has 25 heavy (non-hydrogen) atoms. The summed E-state index contributed by atoms with van der Waals surface area (Å²) in [7, 11) is 0. The number of ether oxygens (including phenoxy) is 1. The molecule has 0 saturated carbocycles. The van der Waals surface area contributed by atoms with Gasteiger partial charge in [-0.2, -0.15) is 0 Å². The van der Waals surface area contributed by atoms with Crippen molar-refractivity contribution in [1.29, 1.82) is 0 Å². The first-order chi connectivity index (χ1) is 12.0. The van der Waals surface area contributed by atoms with Crippen LogP contribution in [0.3, 0.4) is 0 Å². The number of nitrogens with one attached hydrogen (secondary N) is 2. The molecule has 0 spiro atoms. The highest BCUT2D eigenvalue weighted by Crippen LogP contribution is 2.29. The molecule has 1 aliphatic carbocycles. The Hall–Kier alpha value is -1.81. The average molecular weight is 340 g/mol. The van der Waals surface area contributed by atoms with Crippen LogP contribution in [-0.2, 0) is 17.6 Å². The molecule has 1 atom stereocenters. The van der Waals surface area contributed by atoms with E-state index in [9.17, 15) is 4.79 Å². The van der Waals surface area contributed by atoms with Gasteiger partial charge in [-0.15, -0.1) is 0 Å². The van der Waals surface area contributed by atoms with E-state index in [-0.39, 0.29) is 17.6 Å². The molecule has 4 heteroatoms. The third kappa shape index (κ3) is 3.45. The number of aryl methyl sites for hydroxylation is 2. The van der Waals surface area contributed by atoms with Crippen LogP contribution in [-0.4, -0.2) is 29.1 Å². The number of carbonyl (C=O) groups excluding carboxylic acids is 1. The Morgan fingerprint density at radius 1 is 1.24 bits per heavy atom. The zero-order chi connectivity index (χ0) is 17.4. The lowest BCUT2D eigenvalue weighted by Gasteiger charge is -2.35. The molecule has 2 N–H and O–H groups in total. The quantitative estimate of drug-likeness (QED) is 0.808. The highest BCUT2D eigenvalue weighted by atomic mass is 16.5. The summed E-state index contributed by atoms with van der Waals surface area (Å²) >= 11 is 0. The topological polar surface area (TPSA) is 54.1 Å². The van der Waals surface area contributed by atoms with Crippen LogP contribution in [0.2, 0.25) is 0 Å². The number of carbonyl (C=O) groups is 1. The molecule has 2 aromatic rings. The van der Waals surface area contributed by atoms with Crippen molar-refractivity contribution in [2.75, 3.05) is 6.61 Å². The number of hydrogen-bond donors (Lipinski definition) is 2. The zero-order valence-electron chi connectivity index (χ0n) is 15.3. The molecule has 1 amide bonds. The van der Waals surface area contributed by atoms with Crippen LogP contribution in [0.5, 0.6) is 0 Å². The molecule has 2 aliphatic rings. The predicted octanol–water partition coefficient (Wildman–Crippen LogP) is 4.12. The largest absolute Gasteiger partial charge is 0.375 e. The molecule has 1 saturated heterocycles. The molecule has 1 aromatic heterocycles. The monoisotopic (exact) mass is 340 g/mol. The number of benzene rings is 1. The van der Waals surface area contributed by atoms with Crippen LogP contribution in [0, 0.1) is 0 Å². The third-order valence-corrected chi connectivity index (χ3v) is 5.64. The van der Waals surface area contributed by atoms with Crippen LogP contribution in [0.25, 0.3) is 10.9 Å². The Labute approximate surface area is 149 Å². The summed E-state index contributed by atoms with van der Waals surface area (Å²) in [5.41, 5.74) is 4.57. The number of fused-ring (bicyclic) bond motifs is 3. The summed E-state index contributed by atoms with van der Waals surface area (Å²) in [5.74, 6) is 0.0353. The normalized spacial score (nSPS) is 23.0. The van der Waals surface area contributed by atoms with Gasteiger partial charge in [-0.1, -0.05) is 6.42 Å². The maximum atomic E-state index is 12.8. The molecule has 2 heterocycles. The number of amides is 1. The molecule has 0 radical (unpaired) electrons. The van der Waals surface area contributed by atoms with E-state index in [0.29, 0.717) is 6.61 Å². The fraction of sp³-hybridized carbons (Fsp3) is 0.571. The number of H-pyrrole nitrogens is 1.